The summed E-state index contributed by atoms with van der Waals surface area (Å²) < 4.78 is 2.14. The summed E-state index contributed by atoms with van der Waals surface area (Å²) in [5.74, 6) is 0.717. The molecule has 0 saturated carbocycles. The minimum absolute atomic E-state index is 0.237. The first-order valence-electron chi connectivity index (χ1n) is 6.35. The lowest BCUT2D eigenvalue weighted by Gasteiger charge is -1.99. The van der Waals surface area contributed by atoms with Crippen LogP contribution in [0.3, 0.4) is 0 Å². The van der Waals surface area contributed by atoms with Crippen LogP contribution in [0.1, 0.15) is 5.56 Å². The normalized spacial score (nSPS) is 10.8. The fourth-order valence-electron chi connectivity index (χ4n) is 1.93. The van der Waals surface area contributed by atoms with Crippen molar-refractivity contribution in [3.8, 4) is 0 Å². The molecule has 20 heavy (non-hydrogen) atoms. The van der Waals surface area contributed by atoms with Gasteiger partial charge in [-0.2, -0.15) is 0 Å². The van der Waals surface area contributed by atoms with E-state index in [1.165, 1.54) is 16.5 Å². The standard InChI is InChI=1S/C16H13NOS2/c18-13(10-12-6-2-1-3-7-12)11-19-16-17-14-8-4-5-9-15(14)20-16/h1-9H,10-11H2. The van der Waals surface area contributed by atoms with Gasteiger partial charge in [0.05, 0.1) is 16.0 Å². The van der Waals surface area contributed by atoms with Crippen molar-refractivity contribution >= 4 is 39.1 Å². The maximum absolute atomic E-state index is 12.0. The van der Waals surface area contributed by atoms with Crippen LogP contribution in [0, 0.1) is 0 Å². The SMILES string of the molecule is O=C(CSc1nc2ccccc2s1)Cc1ccccc1. The van der Waals surface area contributed by atoms with Crippen molar-refractivity contribution in [2.24, 2.45) is 0 Å². The van der Waals surface area contributed by atoms with Crippen molar-refractivity contribution in [1.82, 2.24) is 4.98 Å². The average molecular weight is 299 g/mol. The van der Waals surface area contributed by atoms with Gasteiger partial charge in [-0.25, -0.2) is 4.98 Å². The summed E-state index contributed by atoms with van der Waals surface area (Å²) >= 11 is 3.18. The smallest absolute Gasteiger partial charge is 0.151 e. The highest BCUT2D eigenvalue weighted by molar-refractivity contribution is 8.01. The quantitative estimate of drug-likeness (QED) is 0.661. The number of Topliss-reactive ketones (excluding diaryl/α,β-unsaturated/α-hetero) is 1. The molecule has 0 bridgehead atoms. The fourth-order valence-corrected chi connectivity index (χ4v) is 3.86. The number of benzene rings is 2. The van der Waals surface area contributed by atoms with Crippen LogP contribution in [-0.2, 0) is 11.2 Å². The zero-order valence-corrected chi connectivity index (χ0v) is 12.4. The second-order valence-corrected chi connectivity index (χ2v) is 6.69. The number of carbonyl (C=O) groups excluding carboxylic acids is 1. The molecule has 3 rings (SSSR count). The number of para-hydroxylation sites is 1. The lowest BCUT2D eigenvalue weighted by atomic mass is 10.1. The molecule has 0 spiro atoms. The summed E-state index contributed by atoms with van der Waals surface area (Å²) in [4.78, 5) is 16.5. The van der Waals surface area contributed by atoms with Crippen LogP contribution in [-0.4, -0.2) is 16.5 Å². The number of hydrogen-bond donors (Lipinski definition) is 0. The Morgan fingerprint density at radius 2 is 1.80 bits per heavy atom. The number of thiazole rings is 1. The zero-order chi connectivity index (χ0) is 13.8. The van der Waals surface area contributed by atoms with Gasteiger partial charge in [0.2, 0.25) is 0 Å². The number of thioether (sulfide) groups is 1. The Morgan fingerprint density at radius 3 is 2.60 bits per heavy atom. The number of ketones is 1. The topological polar surface area (TPSA) is 30.0 Å². The van der Waals surface area contributed by atoms with Crippen LogP contribution in [0.5, 0.6) is 0 Å². The zero-order valence-electron chi connectivity index (χ0n) is 10.8. The molecule has 0 N–H and O–H groups in total. The minimum Gasteiger partial charge on any atom is -0.298 e. The van der Waals surface area contributed by atoms with E-state index in [9.17, 15) is 4.79 Å². The Bertz CT molecular complexity index is 688. The molecule has 0 unspecified atom stereocenters. The van der Waals surface area contributed by atoms with Gasteiger partial charge in [-0.15, -0.1) is 11.3 Å². The summed E-state index contributed by atoms with van der Waals surface area (Å²) in [5.41, 5.74) is 2.08. The first kappa shape index (κ1) is 13.3. The van der Waals surface area contributed by atoms with Gasteiger partial charge in [0.25, 0.3) is 0 Å². The molecule has 3 aromatic rings. The van der Waals surface area contributed by atoms with Gasteiger partial charge >= 0.3 is 0 Å². The van der Waals surface area contributed by atoms with Crippen LogP contribution >= 0.6 is 23.1 Å². The molecular weight excluding hydrogens is 286 g/mol. The molecule has 4 heteroatoms. The third-order valence-electron chi connectivity index (χ3n) is 2.88. The van der Waals surface area contributed by atoms with E-state index in [-0.39, 0.29) is 5.78 Å². The average Bonchev–Trinajstić information content (AvgIpc) is 2.89. The fraction of sp³-hybridized carbons (Fsp3) is 0.125. The second kappa shape index (κ2) is 6.20. The molecule has 0 aliphatic heterocycles. The number of aromatic nitrogens is 1. The van der Waals surface area contributed by atoms with E-state index in [4.69, 9.17) is 0 Å². The third-order valence-corrected chi connectivity index (χ3v) is 5.11. The van der Waals surface area contributed by atoms with Gasteiger partial charge in [0.1, 0.15) is 5.78 Å². The Morgan fingerprint density at radius 1 is 1.05 bits per heavy atom. The van der Waals surface area contributed by atoms with E-state index in [0.29, 0.717) is 12.2 Å². The summed E-state index contributed by atoms with van der Waals surface area (Å²) in [5, 5.41) is 0. The third kappa shape index (κ3) is 3.26. The van der Waals surface area contributed by atoms with E-state index >= 15 is 0 Å². The molecule has 0 atom stereocenters. The molecule has 1 aromatic heterocycles. The van der Waals surface area contributed by atoms with Crippen LogP contribution in [0.2, 0.25) is 0 Å². The first-order valence-corrected chi connectivity index (χ1v) is 8.15. The Balaban J connectivity index is 1.60. The van der Waals surface area contributed by atoms with Gasteiger partial charge in [-0.3, -0.25) is 4.79 Å². The van der Waals surface area contributed by atoms with Crippen molar-refractivity contribution in [3.63, 3.8) is 0 Å². The van der Waals surface area contributed by atoms with Gasteiger partial charge < -0.3 is 0 Å². The lowest BCUT2D eigenvalue weighted by molar-refractivity contribution is -0.116. The Hall–Kier alpha value is -1.65. The van der Waals surface area contributed by atoms with Crippen LogP contribution in [0.4, 0.5) is 0 Å². The van der Waals surface area contributed by atoms with Gasteiger partial charge in [0.15, 0.2) is 4.34 Å². The summed E-state index contributed by atoms with van der Waals surface area (Å²) in [6.45, 7) is 0. The van der Waals surface area contributed by atoms with Crippen LogP contribution in [0.15, 0.2) is 58.9 Å². The molecule has 100 valence electrons. The van der Waals surface area contributed by atoms with E-state index in [1.807, 2.05) is 48.5 Å². The van der Waals surface area contributed by atoms with E-state index < -0.39 is 0 Å². The van der Waals surface area contributed by atoms with Crippen molar-refractivity contribution in [2.45, 2.75) is 10.8 Å². The monoisotopic (exact) mass is 299 g/mol. The highest BCUT2D eigenvalue weighted by Crippen LogP contribution is 2.29. The van der Waals surface area contributed by atoms with Gasteiger partial charge in [0, 0.05) is 6.42 Å². The molecule has 0 radical (unpaired) electrons. The minimum atomic E-state index is 0.237. The van der Waals surface area contributed by atoms with Crippen LogP contribution < -0.4 is 0 Å². The summed E-state index contributed by atoms with van der Waals surface area (Å²) in [6.07, 6.45) is 0.499. The molecule has 1 heterocycles. The Kier molecular flexibility index (Phi) is 4.14. The summed E-state index contributed by atoms with van der Waals surface area (Å²) in [6, 6.07) is 17.9. The highest BCUT2D eigenvalue weighted by atomic mass is 32.2. The predicted octanol–water partition coefficient (Wildman–Crippen LogP) is 4.20. The lowest BCUT2D eigenvalue weighted by Crippen LogP contribution is -2.05. The van der Waals surface area contributed by atoms with Crippen molar-refractivity contribution in [1.29, 1.82) is 0 Å². The molecule has 0 saturated heterocycles. The molecule has 0 aliphatic rings. The number of carbonyl (C=O) groups is 1. The molecule has 0 fully saturated rings. The number of hydrogen-bond acceptors (Lipinski definition) is 4. The van der Waals surface area contributed by atoms with Crippen molar-refractivity contribution in [2.75, 3.05) is 5.75 Å². The number of nitrogens with zero attached hydrogens (tertiary/aromatic N) is 1. The second-order valence-electron chi connectivity index (χ2n) is 4.44. The van der Waals surface area contributed by atoms with E-state index in [1.54, 1.807) is 11.3 Å². The molecule has 0 amide bonds. The largest absolute Gasteiger partial charge is 0.298 e. The molecule has 2 aromatic carbocycles. The molecule has 0 aliphatic carbocycles. The highest BCUT2D eigenvalue weighted by Gasteiger charge is 2.08. The molecular formula is C16H13NOS2. The van der Waals surface area contributed by atoms with E-state index in [2.05, 4.69) is 11.1 Å². The van der Waals surface area contributed by atoms with Gasteiger partial charge in [-0.1, -0.05) is 54.2 Å². The summed E-state index contributed by atoms with van der Waals surface area (Å²) in [7, 11) is 0. The number of rotatable bonds is 5. The maximum Gasteiger partial charge on any atom is 0.151 e. The number of fused-ring (bicyclic) bond motifs is 1. The molecule has 2 nitrogen and oxygen atoms in total. The first-order chi connectivity index (χ1) is 9.81. The van der Waals surface area contributed by atoms with Crippen molar-refractivity contribution in [3.05, 3.63) is 60.2 Å². The maximum atomic E-state index is 12.0. The van der Waals surface area contributed by atoms with Crippen LogP contribution in [0.25, 0.3) is 10.2 Å². The van der Waals surface area contributed by atoms with E-state index in [0.717, 1.165) is 15.4 Å². The Labute approximate surface area is 125 Å². The van der Waals surface area contributed by atoms with Crippen molar-refractivity contribution < 1.29 is 4.79 Å². The van der Waals surface area contributed by atoms with Gasteiger partial charge in [-0.05, 0) is 17.7 Å². The predicted molar refractivity (Wildman–Crippen MR) is 85.5 cm³/mol.